The van der Waals surface area contributed by atoms with E-state index in [9.17, 15) is 5.11 Å². The lowest BCUT2D eigenvalue weighted by molar-refractivity contribution is -0.256. The Morgan fingerprint density at radius 2 is 1.69 bits per heavy atom. The molecule has 0 aromatic carbocycles. The molecule has 0 aromatic rings. The fraction of sp³-hybridized carbons (Fsp3) is 1.00. The molecule has 1 aliphatic carbocycles. The van der Waals surface area contributed by atoms with Crippen LogP contribution in [0.25, 0.3) is 0 Å². The minimum atomic E-state index is -0.452. The van der Waals surface area contributed by atoms with Crippen LogP contribution in [0.15, 0.2) is 0 Å². The van der Waals surface area contributed by atoms with Gasteiger partial charge in [-0.25, -0.2) is 0 Å². The summed E-state index contributed by atoms with van der Waals surface area (Å²) >= 11 is 0. The van der Waals surface area contributed by atoms with Crippen LogP contribution in [0.5, 0.6) is 0 Å². The van der Waals surface area contributed by atoms with Gasteiger partial charge in [0.2, 0.25) is 0 Å². The van der Waals surface area contributed by atoms with E-state index in [0.717, 1.165) is 6.42 Å². The van der Waals surface area contributed by atoms with Crippen molar-refractivity contribution >= 4 is 0 Å². The molecule has 2 fully saturated rings. The average molecular weight is 229 g/mol. The van der Waals surface area contributed by atoms with Crippen molar-refractivity contribution in [2.24, 2.45) is 5.41 Å². The number of hydrogen-bond acceptors (Lipinski definition) is 4. The zero-order chi connectivity index (χ0) is 12.0. The van der Waals surface area contributed by atoms with Gasteiger partial charge in [-0.2, -0.15) is 0 Å². The smallest absolute Gasteiger partial charge is 0.162 e. The predicted octanol–water partition coefficient (Wildman–Crippen LogP) is 0.887. The largest absolute Gasteiger partial charge is 0.392 e. The molecule has 2 rings (SSSR count). The number of nitrogens with one attached hydrogen (secondary N) is 1. The lowest BCUT2D eigenvalue weighted by Gasteiger charge is -2.51. The highest BCUT2D eigenvalue weighted by Gasteiger charge is 2.48. The minimum Gasteiger partial charge on any atom is -0.392 e. The molecule has 4 nitrogen and oxygen atoms in total. The van der Waals surface area contributed by atoms with Gasteiger partial charge >= 0.3 is 0 Å². The molecule has 2 aliphatic rings. The van der Waals surface area contributed by atoms with Crippen molar-refractivity contribution in [3.63, 3.8) is 0 Å². The summed E-state index contributed by atoms with van der Waals surface area (Å²) in [5, 5.41) is 13.2. The molecule has 0 spiro atoms. The van der Waals surface area contributed by atoms with Crippen LogP contribution in [0, 0.1) is 5.41 Å². The summed E-state index contributed by atoms with van der Waals surface area (Å²) in [4.78, 5) is 0. The first kappa shape index (κ1) is 12.3. The Hall–Kier alpha value is -0.160. The first-order valence-electron chi connectivity index (χ1n) is 6.03. The van der Waals surface area contributed by atoms with E-state index in [-0.39, 0.29) is 17.6 Å². The Balaban J connectivity index is 1.80. The van der Waals surface area contributed by atoms with Crippen molar-refractivity contribution in [2.45, 2.75) is 58.1 Å². The molecule has 0 radical (unpaired) electrons. The van der Waals surface area contributed by atoms with Crippen LogP contribution in [0.3, 0.4) is 0 Å². The zero-order valence-corrected chi connectivity index (χ0v) is 10.6. The van der Waals surface area contributed by atoms with Crippen molar-refractivity contribution in [1.82, 2.24) is 5.32 Å². The topological polar surface area (TPSA) is 50.7 Å². The second-order valence-corrected chi connectivity index (χ2v) is 6.01. The quantitative estimate of drug-likeness (QED) is 0.738. The van der Waals surface area contributed by atoms with E-state index in [0.29, 0.717) is 19.3 Å². The van der Waals surface area contributed by atoms with E-state index < -0.39 is 5.79 Å². The maximum atomic E-state index is 9.66. The number of rotatable bonds is 2. The maximum Gasteiger partial charge on any atom is 0.162 e. The Kier molecular flexibility index (Phi) is 3.03. The van der Waals surface area contributed by atoms with Gasteiger partial charge in [0.05, 0.1) is 25.4 Å². The van der Waals surface area contributed by atoms with Gasteiger partial charge in [-0.1, -0.05) is 13.8 Å². The third-order valence-electron chi connectivity index (χ3n) is 3.92. The fourth-order valence-corrected chi connectivity index (χ4v) is 2.26. The number of aliphatic hydroxyl groups is 1. The van der Waals surface area contributed by atoms with Crippen LogP contribution in [0.2, 0.25) is 0 Å². The summed E-state index contributed by atoms with van der Waals surface area (Å²) in [6.45, 7) is 9.40. The van der Waals surface area contributed by atoms with Crippen LogP contribution < -0.4 is 5.32 Å². The Bertz CT molecular complexity index is 255. The summed E-state index contributed by atoms with van der Waals surface area (Å²) in [7, 11) is 0. The third-order valence-corrected chi connectivity index (χ3v) is 3.92. The highest BCUT2D eigenvalue weighted by atomic mass is 16.7. The molecule has 2 atom stereocenters. The Morgan fingerprint density at radius 1 is 1.12 bits per heavy atom. The molecule has 94 valence electrons. The molecule has 0 amide bonds. The molecular weight excluding hydrogens is 206 g/mol. The Morgan fingerprint density at radius 3 is 2.12 bits per heavy atom. The second-order valence-electron chi connectivity index (χ2n) is 6.01. The molecule has 2 unspecified atom stereocenters. The van der Waals surface area contributed by atoms with Gasteiger partial charge < -0.3 is 19.9 Å². The van der Waals surface area contributed by atoms with E-state index in [1.54, 1.807) is 0 Å². The van der Waals surface area contributed by atoms with E-state index in [1.807, 2.05) is 13.8 Å². The molecule has 16 heavy (non-hydrogen) atoms. The summed E-state index contributed by atoms with van der Waals surface area (Å²) in [6, 6.07) is 0.603. The van der Waals surface area contributed by atoms with Gasteiger partial charge in [0.15, 0.2) is 5.79 Å². The lowest BCUT2D eigenvalue weighted by atomic mass is 9.64. The van der Waals surface area contributed by atoms with Crippen LogP contribution in [0.1, 0.15) is 34.1 Å². The standard InChI is InChI=1S/C12H23NO3/c1-11(2)9(5-10(11)14)13-8-6-15-12(3,4)16-7-8/h8-10,13-14H,5-7H2,1-4H3. The maximum absolute atomic E-state index is 9.66. The highest BCUT2D eigenvalue weighted by molar-refractivity contribution is 5.02. The van der Waals surface area contributed by atoms with Gasteiger partial charge in [0.1, 0.15) is 0 Å². The first-order valence-corrected chi connectivity index (χ1v) is 6.03. The monoisotopic (exact) mass is 229 g/mol. The molecule has 0 aromatic heterocycles. The molecule has 1 saturated carbocycles. The normalized spacial score (nSPS) is 38.1. The van der Waals surface area contributed by atoms with Crippen molar-refractivity contribution < 1.29 is 14.6 Å². The lowest BCUT2D eigenvalue weighted by Crippen LogP contribution is -2.64. The van der Waals surface area contributed by atoms with E-state index in [1.165, 1.54) is 0 Å². The fourth-order valence-electron chi connectivity index (χ4n) is 2.26. The number of ether oxygens (including phenoxy) is 2. The van der Waals surface area contributed by atoms with Crippen molar-refractivity contribution in [1.29, 1.82) is 0 Å². The van der Waals surface area contributed by atoms with Crippen LogP contribution in [-0.2, 0) is 9.47 Å². The van der Waals surface area contributed by atoms with Gasteiger partial charge in [-0.3, -0.25) is 0 Å². The van der Waals surface area contributed by atoms with E-state index in [2.05, 4.69) is 19.2 Å². The highest BCUT2D eigenvalue weighted by Crippen LogP contribution is 2.40. The van der Waals surface area contributed by atoms with Gasteiger partial charge in [-0.05, 0) is 20.3 Å². The summed E-state index contributed by atoms with van der Waals surface area (Å²) in [5.41, 5.74) is -0.0348. The molecule has 2 N–H and O–H groups in total. The number of hydrogen-bond donors (Lipinski definition) is 2. The molecule has 1 aliphatic heterocycles. The van der Waals surface area contributed by atoms with Crippen LogP contribution in [-0.4, -0.2) is 42.3 Å². The second kappa shape index (κ2) is 3.95. The zero-order valence-electron chi connectivity index (χ0n) is 10.6. The van der Waals surface area contributed by atoms with E-state index in [4.69, 9.17) is 9.47 Å². The molecule has 0 bridgehead atoms. The third kappa shape index (κ3) is 2.25. The Labute approximate surface area is 97.3 Å². The first-order chi connectivity index (χ1) is 7.31. The predicted molar refractivity (Wildman–Crippen MR) is 61.1 cm³/mol. The van der Waals surface area contributed by atoms with Crippen molar-refractivity contribution in [3.05, 3.63) is 0 Å². The SMILES string of the molecule is CC1(C)OCC(NC2CC(O)C2(C)C)CO1. The molecule has 4 heteroatoms. The molecular formula is C12H23NO3. The van der Waals surface area contributed by atoms with Crippen molar-refractivity contribution in [2.75, 3.05) is 13.2 Å². The van der Waals surface area contributed by atoms with Gasteiger partial charge in [0, 0.05) is 11.5 Å². The minimum absolute atomic E-state index is 0.0348. The van der Waals surface area contributed by atoms with E-state index >= 15 is 0 Å². The van der Waals surface area contributed by atoms with Crippen LogP contribution >= 0.6 is 0 Å². The molecule has 1 heterocycles. The average Bonchev–Trinajstić information content (AvgIpc) is 2.20. The number of aliphatic hydroxyl groups excluding tert-OH is 1. The van der Waals surface area contributed by atoms with Crippen LogP contribution in [0.4, 0.5) is 0 Å². The summed E-state index contributed by atoms with van der Waals surface area (Å²) < 4.78 is 11.2. The molecule has 1 saturated heterocycles. The van der Waals surface area contributed by atoms with Crippen molar-refractivity contribution in [3.8, 4) is 0 Å². The van der Waals surface area contributed by atoms with Gasteiger partial charge in [0.25, 0.3) is 0 Å². The summed E-state index contributed by atoms with van der Waals surface area (Å²) in [5.74, 6) is -0.452. The van der Waals surface area contributed by atoms with Gasteiger partial charge in [-0.15, -0.1) is 0 Å². The summed E-state index contributed by atoms with van der Waals surface area (Å²) in [6.07, 6.45) is 0.638.